The van der Waals surface area contributed by atoms with Crippen molar-refractivity contribution in [3.63, 3.8) is 0 Å². The van der Waals surface area contributed by atoms with Crippen LogP contribution in [0.5, 0.6) is 0 Å². The van der Waals surface area contributed by atoms with Crippen LogP contribution in [0.4, 0.5) is 0 Å². The lowest BCUT2D eigenvalue weighted by Crippen LogP contribution is -2.63. The third-order valence-electron chi connectivity index (χ3n) is 5.29. The molecule has 2 aromatic carbocycles. The molecule has 0 saturated carbocycles. The van der Waals surface area contributed by atoms with Gasteiger partial charge in [-0.25, -0.2) is 0 Å². The lowest BCUT2D eigenvalue weighted by atomic mass is 9.87. The number of benzene rings is 2. The van der Waals surface area contributed by atoms with Crippen molar-refractivity contribution in [2.24, 2.45) is 0 Å². The molecule has 0 amide bonds. The van der Waals surface area contributed by atoms with Crippen molar-refractivity contribution in [3.05, 3.63) is 69.7 Å². The lowest BCUT2D eigenvalue weighted by molar-refractivity contribution is -0.357. The van der Waals surface area contributed by atoms with Crippen LogP contribution >= 0.6 is 11.6 Å². The Kier molecular flexibility index (Phi) is 7.30. The number of rotatable bonds is 4. The van der Waals surface area contributed by atoms with Gasteiger partial charge in [-0.3, -0.25) is 0 Å². The molecule has 1 saturated heterocycles. The predicted octanol–water partition coefficient (Wildman–Crippen LogP) is 0.672. The van der Waals surface area contributed by atoms with Gasteiger partial charge in [0.15, 0.2) is 0 Å². The first-order valence-corrected chi connectivity index (χ1v) is 10.5. The van der Waals surface area contributed by atoms with Crippen molar-refractivity contribution < 1.29 is 35.4 Å². The van der Waals surface area contributed by atoms with Crippen LogP contribution in [0.2, 0.25) is 5.02 Å². The molecular weight excluding hydrogens is 436 g/mol. The van der Waals surface area contributed by atoms with E-state index in [1.54, 1.807) is 19.9 Å². The molecule has 1 heterocycles. The maximum atomic E-state index is 11.0. The summed E-state index contributed by atoms with van der Waals surface area (Å²) < 4.78 is 5.39. The Labute approximate surface area is 191 Å². The molecule has 8 heteroatoms. The van der Waals surface area contributed by atoms with E-state index < -0.39 is 42.4 Å². The number of aliphatic hydroxyl groups is 6. The summed E-state index contributed by atoms with van der Waals surface area (Å²) in [4.78, 5) is 0. The number of ether oxygens (including phenoxy) is 1. The molecule has 6 N–H and O–H groups in total. The number of halogens is 1. The molecule has 1 aliphatic heterocycles. The van der Waals surface area contributed by atoms with E-state index in [1.165, 1.54) is 12.1 Å². The average molecular weight is 463 g/mol. The minimum absolute atomic E-state index is 0.126. The van der Waals surface area contributed by atoms with Crippen LogP contribution in [0.15, 0.2) is 42.5 Å². The van der Waals surface area contributed by atoms with Gasteiger partial charge in [0.25, 0.3) is 0 Å². The van der Waals surface area contributed by atoms with Crippen molar-refractivity contribution in [1.29, 1.82) is 0 Å². The molecule has 0 bridgehead atoms. The molecule has 32 heavy (non-hydrogen) atoms. The molecule has 0 aromatic heterocycles. The zero-order valence-corrected chi connectivity index (χ0v) is 18.5. The average Bonchev–Trinajstić information content (AvgIpc) is 2.75. The Balaban J connectivity index is 1.87. The van der Waals surface area contributed by atoms with Gasteiger partial charge in [-0.15, -0.1) is 0 Å². The summed E-state index contributed by atoms with van der Waals surface area (Å²) in [6.07, 6.45) is -6.01. The molecule has 5 atom stereocenters. The molecule has 2 aromatic rings. The second-order valence-corrected chi connectivity index (χ2v) is 8.86. The Hall–Kier alpha value is -1.99. The highest BCUT2D eigenvalue weighted by Crippen LogP contribution is 2.37. The topological polar surface area (TPSA) is 131 Å². The fraction of sp³-hybridized carbons (Fsp3) is 0.417. The SMILES string of the molecule is CC(C)(O)C#Cc1ccc(Cc2cc([C@@]3(O)O[C@H](CO)[C@@H](O)[C@H](O)[C@H]3O)ccc2Cl)cc1. The van der Waals surface area contributed by atoms with Crippen LogP contribution in [0.3, 0.4) is 0 Å². The standard InChI is InChI=1S/C24H27ClO7/c1-23(2,30)10-9-14-3-5-15(6-4-14)11-16-12-17(7-8-18(16)25)24(31)22(29)21(28)20(27)19(13-26)32-24/h3-8,12,19-22,26-31H,11,13H2,1-2H3/t19-,20-,21+,22-,24-/m1/s1. The summed E-state index contributed by atoms with van der Waals surface area (Å²) >= 11 is 6.34. The van der Waals surface area contributed by atoms with Crippen LogP contribution in [0.25, 0.3) is 0 Å². The quantitative estimate of drug-likeness (QED) is 0.368. The van der Waals surface area contributed by atoms with E-state index in [2.05, 4.69) is 11.8 Å². The molecular formula is C24H27ClO7. The van der Waals surface area contributed by atoms with E-state index in [9.17, 15) is 30.6 Å². The first kappa shape index (κ1) is 24.6. The highest BCUT2D eigenvalue weighted by Gasteiger charge is 2.53. The van der Waals surface area contributed by atoms with Gasteiger partial charge in [-0.1, -0.05) is 41.6 Å². The Morgan fingerprint density at radius 3 is 2.31 bits per heavy atom. The first-order chi connectivity index (χ1) is 14.9. The summed E-state index contributed by atoms with van der Waals surface area (Å²) in [5, 5.41) is 61.0. The van der Waals surface area contributed by atoms with E-state index in [0.717, 1.165) is 11.1 Å². The van der Waals surface area contributed by atoms with E-state index >= 15 is 0 Å². The van der Waals surface area contributed by atoms with Gasteiger partial charge in [0.05, 0.1) is 6.61 Å². The molecule has 7 nitrogen and oxygen atoms in total. The molecule has 172 valence electrons. The molecule has 3 rings (SSSR count). The number of hydrogen-bond acceptors (Lipinski definition) is 7. The monoisotopic (exact) mass is 462 g/mol. The largest absolute Gasteiger partial charge is 0.394 e. The molecule has 1 aliphatic rings. The normalized spacial score (nSPS) is 28.2. The second kappa shape index (κ2) is 9.48. The van der Waals surface area contributed by atoms with Gasteiger partial charge in [0.2, 0.25) is 5.79 Å². The Morgan fingerprint density at radius 1 is 1.06 bits per heavy atom. The van der Waals surface area contributed by atoms with Gasteiger partial charge in [0, 0.05) is 16.1 Å². The van der Waals surface area contributed by atoms with E-state index in [0.29, 0.717) is 17.0 Å². The van der Waals surface area contributed by atoms with Crippen molar-refractivity contribution >= 4 is 11.6 Å². The molecule has 1 fully saturated rings. The third-order valence-corrected chi connectivity index (χ3v) is 5.66. The minimum atomic E-state index is -2.35. The minimum Gasteiger partial charge on any atom is -0.394 e. The zero-order chi connectivity index (χ0) is 23.7. The molecule has 0 unspecified atom stereocenters. The van der Waals surface area contributed by atoms with E-state index in [4.69, 9.17) is 16.3 Å². The van der Waals surface area contributed by atoms with Crippen LogP contribution in [-0.2, 0) is 16.9 Å². The predicted molar refractivity (Wildman–Crippen MR) is 118 cm³/mol. The van der Waals surface area contributed by atoms with Crippen LogP contribution in [0, 0.1) is 11.8 Å². The van der Waals surface area contributed by atoms with Crippen molar-refractivity contribution in [1.82, 2.24) is 0 Å². The Bertz CT molecular complexity index is 1000. The second-order valence-electron chi connectivity index (χ2n) is 8.45. The van der Waals surface area contributed by atoms with Crippen LogP contribution in [0.1, 0.15) is 36.1 Å². The van der Waals surface area contributed by atoms with E-state index in [-0.39, 0.29) is 5.56 Å². The maximum absolute atomic E-state index is 11.0. The lowest BCUT2D eigenvalue weighted by Gasteiger charge is -2.45. The third kappa shape index (κ3) is 5.31. The maximum Gasteiger partial charge on any atom is 0.222 e. The summed E-state index contributed by atoms with van der Waals surface area (Å²) in [6.45, 7) is 2.55. The summed E-state index contributed by atoms with van der Waals surface area (Å²) in [5.74, 6) is 3.30. The molecule has 0 spiro atoms. The Morgan fingerprint density at radius 2 is 1.72 bits per heavy atom. The van der Waals surface area contributed by atoms with Gasteiger partial charge in [-0.05, 0) is 55.7 Å². The summed E-state index contributed by atoms with van der Waals surface area (Å²) in [6, 6.07) is 11.9. The number of aliphatic hydroxyl groups excluding tert-OH is 4. The molecule has 0 aliphatic carbocycles. The highest BCUT2D eigenvalue weighted by atomic mass is 35.5. The van der Waals surface area contributed by atoms with Gasteiger partial charge >= 0.3 is 0 Å². The van der Waals surface area contributed by atoms with Crippen LogP contribution in [-0.4, -0.2) is 67.3 Å². The fourth-order valence-corrected chi connectivity index (χ4v) is 3.66. The van der Waals surface area contributed by atoms with Crippen molar-refractivity contribution in [2.45, 2.75) is 56.1 Å². The first-order valence-electron chi connectivity index (χ1n) is 10.1. The fourth-order valence-electron chi connectivity index (χ4n) is 3.48. The van der Waals surface area contributed by atoms with E-state index in [1.807, 2.05) is 24.3 Å². The smallest absolute Gasteiger partial charge is 0.222 e. The number of hydrogen-bond donors (Lipinski definition) is 6. The summed E-state index contributed by atoms with van der Waals surface area (Å²) in [5.41, 5.74) is 1.31. The molecule has 0 radical (unpaired) electrons. The van der Waals surface area contributed by atoms with Gasteiger partial charge < -0.3 is 35.4 Å². The zero-order valence-electron chi connectivity index (χ0n) is 17.7. The van der Waals surface area contributed by atoms with Crippen molar-refractivity contribution in [3.8, 4) is 11.8 Å². The van der Waals surface area contributed by atoms with Gasteiger partial charge in [0.1, 0.15) is 30.0 Å². The highest BCUT2D eigenvalue weighted by molar-refractivity contribution is 6.31. The van der Waals surface area contributed by atoms with Gasteiger partial charge in [-0.2, -0.15) is 0 Å². The van der Waals surface area contributed by atoms with Crippen LogP contribution < -0.4 is 0 Å². The van der Waals surface area contributed by atoms with Crippen molar-refractivity contribution in [2.75, 3.05) is 6.61 Å². The summed E-state index contributed by atoms with van der Waals surface area (Å²) in [7, 11) is 0.